The van der Waals surface area contributed by atoms with Crippen molar-refractivity contribution in [1.82, 2.24) is 15.0 Å². The van der Waals surface area contributed by atoms with Crippen LogP contribution in [0, 0.1) is 0 Å². The smallest absolute Gasteiger partial charge is 0.164 e. The van der Waals surface area contributed by atoms with Crippen molar-refractivity contribution in [2.45, 2.75) is 5.41 Å². The molecule has 0 N–H and O–H groups in total. The lowest BCUT2D eigenvalue weighted by atomic mass is 9.67. The molecule has 2 aliphatic rings. The summed E-state index contributed by atoms with van der Waals surface area (Å²) in [6.07, 6.45) is 0. The highest BCUT2D eigenvalue weighted by Crippen LogP contribution is 2.56. The third-order valence-electron chi connectivity index (χ3n) is 11.0. The summed E-state index contributed by atoms with van der Waals surface area (Å²) in [5.41, 5.74) is 11.8. The van der Waals surface area contributed by atoms with Crippen molar-refractivity contribution in [2.24, 2.45) is 0 Å². The molecule has 1 aromatic heterocycles. The van der Waals surface area contributed by atoms with Crippen molar-refractivity contribution in [3.63, 3.8) is 0 Å². The van der Waals surface area contributed by atoms with Gasteiger partial charge in [-0.05, 0) is 68.6 Å². The number of benzene rings is 8. The Labute approximate surface area is 313 Å². The highest BCUT2D eigenvalue weighted by molar-refractivity contribution is 6.04. The quantitative estimate of drug-likeness (QED) is 0.180. The van der Waals surface area contributed by atoms with E-state index in [2.05, 4.69) is 146 Å². The molecular weight excluding hydrogens is 659 g/mol. The molecule has 11 rings (SSSR count). The summed E-state index contributed by atoms with van der Waals surface area (Å²) < 4.78 is 6.55. The molecular formula is C50H31N3O. The van der Waals surface area contributed by atoms with Gasteiger partial charge in [0.1, 0.15) is 11.5 Å². The third-order valence-corrected chi connectivity index (χ3v) is 11.0. The van der Waals surface area contributed by atoms with Crippen molar-refractivity contribution in [2.75, 3.05) is 0 Å². The Morgan fingerprint density at radius 2 is 0.907 bits per heavy atom. The zero-order valence-electron chi connectivity index (χ0n) is 29.1. The molecule has 1 aliphatic carbocycles. The van der Waals surface area contributed by atoms with Crippen LogP contribution in [0.1, 0.15) is 22.3 Å². The van der Waals surface area contributed by atoms with Crippen molar-refractivity contribution < 1.29 is 4.74 Å². The van der Waals surface area contributed by atoms with Crippen LogP contribution in [-0.2, 0) is 5.41 Å². The maximum atomic E-state index is 6.55. The first kappa shape index (κ1) is 30.5. The average Bonchev–Trinajstić information content (AvgIpc) is 3.55. The molecule has 252 valence electrons. The van der Waals surface area contributed by atoms with Crippen LogP contribution in [0.4, 0.5) is 0 Å². The molecule has 9 aromatic rings. The molecule has 8 aromatic carbocycles. The second-order valence-corrected chi connectivity index (χ2v) is 13.9. The summed E-state index contributed by atoms with van der Waals surface area (Å²) in [4.78, 5) is 15.4. The van der Waals surface area contributed by atoms with Gasteiger partial charge in [-0.1, -0.05) is 164 Å². The lowest BCUT2D eigenvalue weighted by Crippen LogP contribution is -2.28. The van der Waals surface area contributed by atoms with E-state index in [1.165, 1.54) is 33.4 Å². The van der Waals surface area contributed by atoms with Gasteiger partial charge in [-0.25, -0.2) is 15.0 Å². The van der Waals surface area contributed by atoms with Gasteiger partial charge < -0.3 is 4.74 Å². The number of nitrogens with zero attached hydrogens (tertiary/aromatic N) is 3. The summed E-state index contributed by atoms with van der Waals surface area (Å²) in [6, 6.07) is 66.2. The first-order valence-corrected chi connectivity index (χ1v) is 18.3. The maximum absolute atomic E-state index is 6.55. The Morgan fingerprint density at radius 3 is 1.63 bits per heavy atom. The summed E-state index contributed by atoms with van der Waals surface area (Å²) >= 11 is 0. The Kier molecular flexibility index (Phi) is 6.73. The fraction of sp³-hybridized carbons (Fsp3) is 0.0200. The van der Waals surface area contributed by atoms with Crippen LogP contribution in [0.5, 0.6) is 11.5 Å². The van der Waals surface area contributed by atoms with Crippen LogP contribution >= 0.6 is 0 Å². The van der Waals surface area contributed by atoms with E-state index in [0.717, 1.165) is 50.1 Å². The predicted molar refractivity (Wildman–Crippen MR) is 216 cm³/mol. The Morgan fingerprint density at radius 1 is 0.352 bits per heavy atom. The van der Waals surface area contributed by atoms with Crippen LogP contribution in [0.2, 0.25) is 0 Å². The normalized spacial score (nSPS) is 13.1. The van der Waals surface area contributed by atoms with Gasteiger partial charge >= 0.3 is 0 Å². The third kappa shape index (κ3) is 4.53. The van der Waals surface area contributed by atoms with E-state index in [1.54, 1.807) is 0 Å². The topological polar surface area (TPSA) is 47.9 Å². The van der Waals surface area contributed by atoms with Gasteiger partial charge in [0.25, 0.3) is 0 Å². The molecule has 2 heterocycles. The second kappa shape index (κ2) is 11.9. The fourth-order valence-electron chi connectivity index (χ4n) is 8.64. The van der Waals surface area contributed by atoms with Crippen LogP contribution in [-0.4, -0.2) is 15.0 Å². The standard InChI is InChI=1S/C50H31N3O/c1-4-14-33(15-5-1)47-51-48(53-49(52-47)35-26-28-39-40-23-12-16-32-17-13-25-44(46(32)40)54-45(39)31-35)34-27-29-43-41(30-34)38-22-10-11-24-42(38)50(43,36-18-6-2-7-19-36)37-20-8-3-9-21-37/h1-31H. The van der Waals surface area contributed by atoms with E-state index in [0.29, 0.717) is 17.5 Å². The van der Waals surface area contributed by atoms with Crippen molar-refractivity contribution >= 4 is 10.8 Å². The largest absolute Gasteiger partial charge is 0.456 e. The summed E-state index contributed by atoms with van der Waals surface area (Å²) in [6.45, 7) is 0. The van der Waals surface area contributed by atoms with E-state index in [1.807, 2.05) is 42.5 Å². The SMILES string of the molecule is c1ccc(-c2nc(-c3ccc4c(c3)Oc3cccc5cccc-4c35)nc(-c3ccc4c(c3)-c3ccccc3C4(c3ccccc3)c3ccccc3)n2)cc1. The molecule has 0 saturated heterocycles. The van der Waals surface area contributed by atoms with E-state index in [9.17, 15) is 0 Å². The van der Waals surface area contributed by atoms with E-state index < -0.39 is 5.41 Å². The number of hydrogen-bond donors (Lipinski definition) is 0. The molecule has 0 unspecified atom stereocenters. The monoisotopic (exact) mass is 689 g/mol. The highest BCUT2D eigenvalue weighted by Gasteiger charge is 2.46. The Bertz CT molecular complexity index is 2860. The van der Waals surface area contributed by atoms with Gasteiger partial charge in [0, 0.05) is 27.6 Å². The molecule has 0 atom stereocenters. The number of ether oxygens (including phenoxy) is 1. The zero-order chi connectivity index (χ0) is 35.6. The summed E-state index contributed by atoms with van der Waals surface area (Å²) in [5.74, 6) is 3.47. The number of fused-ring (bicyclic) bond motifs is 5. The van der Waals surface area contributed by atoms with Gasteiger partial charge in [-0.15, -0.1) is 0 Å². The lowest BCUT2D eigenvalue weighted by molar-refractivity contribution is 0.487. The van der Waals surface area contributed by atoms with Gasteiger partial charge in [-0.2, -0.15) is 0 Å². The van der Waals surface area contributed by atoms with E-state index in [4.69, 9.17) is 19.7 Å². The molecule has 4 heteroatoms. The number of hydrogen-bond acceptors (Lipinski definition) is 4. The summed E-state index contributed by atoms with van der Waals surface area (Å²) in [7, 11) is 0. The molecule has 0 radical (unpaired) electrons. The molecule has 0 saturated carbocycles. The zero-order valence-corrected chi connectivity index (χ0v) is 29.1. The molecule has 0 spiro atoms. The average molecular weight is 690 g/mol. The van der Waals surface area contributed by atoms with E-state index in [-0.39, 0.29) is 0 Å². The van der Waals surface area contributed by atoms with Crippen LogP contribution in [0.25, 0.3) is 67.2 Å². The van der Waals surface area contributed by atoms with Crippen molar-refractivity contribution in [3.8, 4) is 67.9 Å². The highest BCUT2D eigenvalue weighted by atomic mass is 16.5. The van der Waals surface area contributed by atoms with Crippen LogP contribution in [0.15, 0.2) is 188 Å². The van der Waals surface area contributed by atoms with Crippen molar-refractivity contribution in [1.29, 1.82) is 0 Å². The molecule has 0 fully saturated rings. The van der Waals surface area contributed by atoms with Gasteiger partial charge in [0.15, 0.2) is 17.5 Å². The Balaban J connectivity index is 1.10. The van der Waals surface area contributed by atoms with Gasteiger partial charge in [0.05, 0.1) is 5.41 Å². The minimum atomic E-state index is -0.474. The molecule has 0 bridgehead atoms. The number of rotatable bonds is 5. The Hall–Kier alpha value is -7.17. The van der Waals surface area contributed by atoms with Gasteiger partial charge in [0.2, 0.25) is 0 Å². The maximum Gasteiger partial charge on any atom is 0.164 e. The van der Waals surface area contributed by atoms with Crippen LogP contribution in [0.3, 0.4) is 0 Å². The molecule has 54 heavy (non-hydrogen) atoms. The minimum Gasteiger partial charge on any atom is -0.456 e. The molecule has 4 nitrogen and oxygen atoms in total. The van der Waals surface area contributed by atoms with Crippen LogP contribution < -0.4 is 4.74 Å². The predicted octanol–water partition coefficient (Wildman–Crippen LogP) is 12.2. The van der Waals surface area contributed by atoms with Gasteiger partial charge in [-0.3, -0.25) is 0 Å². The lowest BCUT2D eigenvalue weighted by Gasteiger charge is -2.33. The molecule has 1 aliphatic heterocycles. The first-order chi connectivity index (χ1) is 26.8. The fourth-order valence-corrected chi connectivity index (χ4v) is 8.64. The van der Waals surface area contributed by atoms with Crippen molar-refractivity contribution in [3.05, 3.63) is 210 Å². The first-order valence-electron chi connectivity index (χ1n) is 18.3. The summed E-state index contributed by atoms with van der Waals surface area (Å²) in [5, 5.41) is 2.30. The second-order valence-electron chi connectivity index (χ2n) is 13.9. The minimum absolute atomic E-state index is 0.474. The van der Waals surface area contributed by atoms with E-state index >= 15 is 0 Å². The number of aromatic nitrogens is 3. The molecule has 0 amide bonds.